The third-order valence-corrected chi connectivity index (χ3v) is 5.45. The van der Waals surface area contributed by atoms with E-state index < -0.39 is 0 Å². The topological polar surface area (TPSA) is 79.9 Å². The second-order valence-electron chi connectivity index (χ2n) is 9.01. The van der Waals surface area contributed by atoms with Crippen molar-refractivity contribution in [2.24, 2.45) is 0 Å². The Hall–Kier alpha value is -3.22. The van der Waals surface area contributed by atoms with E-state index in [1.807, 2.05) is 63.2 Å². The molecule has 0 saturated heterocycles. The number of urea groups is 1. The lowest BCUT2D eigenvalue weighted by atomic mass is 9.91. The highest BCUT2D eigenvalue weighted by Crippen LogP contribution is 2.38. The molecule has 0 aliphatic carbocycles. The van der Waals surface area contributed by atoms with Crippen LogP contribution in [0.4, 0.5) is 4.79 Å². The van der Waals surface area contributed by atoms with Crippen LogP contribution in [0.3, 0.4) is 0 Å². The normalized spacial score (nSPS) is 15.5. The maximum atomic E-state index is 13.1. The summed E-state index contributed by atoms with van der Waals surface area (Å²) in [6, 6.07) is 13.0. The van der Waals surface area contributed by atoms with E-state index in [0.29, 0.717) is 37.4 Å². The zero-order valence-corrected chi connectivity index (χ0v) is 19.5. The quantitative estimate of drug-likeness (QED) is 0.722. The first-order valence-electron chi connectivity index (χ1n) is 10.9. The molecule has 0 aromatic heterocycles. The molecule has 0 bridgehead atoms. The molecule has 2 aromatic carbocycles. The highest BCUT2D eigenvalue weighted by Gasteiger charge is 2.33. The first kappa shape index (κ1) is 23.4. The van der Waals surface area contributed by atoms with E-state index >= 15 is 0 Å². The fourth-order valence-corrected chi connectivity index (χ4v) is 3.94. The smallest absolute Gasteiger partial charge is 0.318 e. The summed E-state index contributed by atoms with van der Waals surface area (Å²) in [6.45, 7) is 6.71. The van der Waals surface area contributed by atoms with E-state index in [1.54, 1.807) is 19.1 Å². The number of benzene rings is 2. The van der Waals surface area contributed by atoms with Crippen LogP contribution in [0.25, 0.3) is 0 Å². The van der Waals surface area contributed by atoms with E-state index in [9.17, 15) is 9.59 Å². The Kier molecular flexibility index (Phi) is 7.28. The summed E-state index contributed by atoms with van der Waals surface area (Å²) in [7, 11) is 3.20. The standard InChI is InChI=1S/C25H33N3O4/c1-25(2,3)27-24(30)28-12-11-18-14-21(31-4)22(32-5)15-19(18)20(28)16-26-23(29)13-17-9-7-6-8-10-17/h6-10,14-15,20H,11-13,16H2,1-5H3,(H,26,29)(H,27,30). The van der Waals surface area contributed by atoms with Gasteiger partial charge >= 0.3 is 6.03 Å². The molecule has 1 heterocycles. The molecule has 1 aliphatic heterocycles. The van der Waals surface area contributed by atoms with E-state index in [0.717, 1.165) is 16.7 Å². The minimum Gasteiger partial charge on any atom is -0.493 e. The minimum absolute atomic E-state index is 0.0834. The van der Waals surface area contributed by atoms with Crippen molar-refractivity contribution < 1.29 is 19.1 Å². The Balaban J connectivity index is 1.86. The number of rotatable bonds is 6. The van der Waals surface area contributed by atoms with Gasteiger partial charge in [0.2, 0.25) is 5.91 Å². The van der Waals surface area contributed by atoms with E-state index in [-0.39, 0.29) is 23.5 Å². The van der Waals surface area contributed by atoms with Gasteiger partial charge in [-0.05, 0) is 56.0 Å². The van der Waals surface area contributed by atoms with Gasteiger partial charge in [0.15, 0.2) is 11.5 Å². The van der Waals surface area contributed by atoms with Crippen molar-refractivity contribution in [3.63, 3.8) is 0 Å². The number of hydrogen-bond donors (Lipinski definition) is 2. The number of fused-ring (bicyclic) bond motifs is 1. The number of carbonyl (C=O) groups is 2. The summed E-state index contributed by atoms with van der Waals surface area (Å²) < 4.78 is 11.0. The monoisotopic (exact) mass is 439 g/mol. The Morgan fingerprint density at radius 1 is 1.06 bits per heavy atom. The van der Waals surface area contributed by atoms with Crippen LogP contribution >= 0.6 is 0 Å². The molecule has 3 amide bonds. The molecule has 0 saturated carbocycles. The van der Waals surface area contributed by atoms with Crippen LogP contribution in [-0.4, -0.2) is 49.7 Å². The maximum Gasteiger partial charge on any atom is 0.318 e. The minimum atomic E-state index is -0.365. The van der Waals surface area contributed by atoms with Crippen LogP contribution in [0, 0.1) is 0 Å². The van der Waals surface area contributed by atoms with E-state index in [4.69, 9.17) is 9.47 Å². The van der Waals surface area contributed by atoms with Crippen molar-refractivity contribution in [1.82, 2.24) is 15.5 Å². The number of amides is 3. The van der Waals surface area contributed by atoms with Crippen molar-refractivity contribution in [1.29, 1.82) is 0 Å². The van der Waals surface area contributed by atoms with Crippen LogP contribution in [-0.2, 0) is 17.6 Å². The number of nitrogens with one attached hydrogen (secondary N) is 2. The van der Waals surface area contributed by atoms with Crippen molar-refractivity contribution in [2.75, 3.05) is 27.3 Å². The number of ether oxygens (including phenoxy) is 2. The van der Waals surface area contributed by atoms with Gasteiger partial charge in [0.05, 0.1) is 26.7 Å². The molecular weight excluding hydrogens is 406 g/mol. The van der Waals surface area contributed by atoms with Gasteiger partial charge in [-0.2, -0.15) is 0 Å². The Morgan fingerprint density at radius 2 is 1.72 bits per heavy atom. The first-order chi connectivity index (χ1) is 15.2. The van der Waals surface area contributed by atoms with Gasteiger partial charge in [-0.1, -0.05) is 30.3 Å². The molecular formula is C25H33N3O4. The Labute approximate surface area is 190 Å². The van der Waals surface area contributed by atoms with Gasteiger partial charge in [-0.3, -0.25) is 4.79 Å². The average molecular weight is 440 g/mol. The van der Waals surface area contributed by atoms with Crippen molar-refractivity contribution in [2.45, 2.75) is 45.2 Å². The molecule has 32 heavy (non-hydrogen) atoms. The molecule has 3 rings (SSSR count). The molecule has 0 fully saturated rings. The highest BCUT2D eigenvalue weighted by atomic mass is 16.5. The van der Waals surface area contributed by atoms with Crippen LogP contribution in [0.1, 0.15) is 43.5 Å². The van der Waals surface area contributed by atoms with Crippen LogP contribution in [0.2, 0.25) is 0 Å². The van der Waals surface area contributed by atoms with Gasteiger partial charge in [-0.15, -0.1) is 0 Å². The highest BCUT2D eigenvalue weighted by molar-refractivity contribution is 5.79. The zero-order valence-electron chi connectivity index (χ0n) is 19.5. The lowest BCUT2D eigenvalue weighted by Gasteiger charge is -2.39. The molecule has 2 N–H and O–H groups in total. The lowest BCUT2D eigenvalue weighted by Crippen LogP contribution is -2.53. The van der Waals surface area contributed by atoms with Crippen molar-refractivity contribution in [3.05, 3.63) is 59.2 Å². The molecule has 0 radical (unpaired) electrons. The van der Waals surface area contributed by atoms with Crippen molar-refractivity contribution in [3.8, 4) is 11.5 Å². The molecule has 1 unspecified atom stereocenters. The van der Waals surface area contributed by atoms with Gasteiger partial charge in [0, 0.05) is 18.6 Å². The SMILES string of the molecule is COc1cc2c(cc1OC)C(CNC(=O)Cc1ccccc1)N(C(=O)NC(C)(C)C)CC2. The van der Waals surface area contributed by atoms with Gasteiger partial charge in [0.1, 0.15) is 0 Å². The van der Waals surface area contributed by atoms with Crippen molar-refractivity contribution >= 4 is 11.9 Å². The van der Waals surface area contributed by atoms with E-state index in [1.165, 1.54) is 0 Å². The average Bonchev–Trinajstić information content (AvgIpc) is 2.75. The predicted octanol–water partition coefficient (Wildman–Crippen LogP) is 3.47. The maximum absolute atomic E-state index is 13.1. The molecule has 1 atom stereocenters. The second kappa shape index (κ2) is 9.94. The Bertz CT molecular complexity index is 954. The molecule has 7 nitrogen and oxygen atoms in total. The number of hydrogen-bond acceptors (Lipinski definition) is 4. The fourth-order valence-electron chi connectivity index (χ4n) is 3.94. The van der Waals surface area contributed by atoms with Gasteiger partial charge in [-0.25, -0.2) is 4.79 Å². The number of carbonyl (C=O) groups excluding carboxylic acids is 2. The summed E-state index contributed by atoms with van der Waals surface area (Å²) in [5, 5.41) is 6.07. The predicted molar refractivity (Wildman–Crippen MR) is 124 cm³/mol. The Morgan fingerprint density at radius 3 is 2.34 bits per heavy atom. The number of nitrogens with zero attached hydrogens (tertiary/aromatic N) is 1. The number of methoxy groups -OCH3 is 2. The summed E-state index contributed by atoms with van der Waals surface area (Å²) in [5.74, 6) is 1.18. The van der Waals surface area contributed by atoms with E-state index in [2.05, 4.69) is 10.6 Å². The summed E-state index contributed by atoms with van der Waals surface area (Å²) in [4.78, 5) is 27.5. The zero-order chi connectivity index (χ0) is 23.3. The van der Waals surface area contributed by atoms with Gasteiger partial charge < -0.3 is 25.0 Å². The van der Waals surface area contributed by atoms with Crippen LogP contribution < -0.4 is 20.1 Å². The largest absolute Gasteiger partial charge is 0.493 e. The third-order valence-electron chi connectivity index (χ3n) is 5.45. The molecule has 7 heteroatoms. The lowest BCUT2D eigenvalue weighted by molar-refractivity contribution is -0.120. The molecule has 1 aliphatic rings. The third kappa shape index (κ3) is 5.72. The summed E-state index contributed by atoms with van der Waals surface area (Å²) >= 11 is 0. The van der Waals surface area contributed by atoms with Gasteiger partial charge in [0.25, 0.3) is 0 Å². The summed E-state index contributed by atoms with van der Waals surface area (Å²) in [5.41, 5.74) is 2.63. The fraction of sp³-hybridized carbons (Fsp3) is 0.440. The summed E-state index contributed by atoms with van der Waals surface area (Å²) in [6.07, 6.45) is 0.988. The second-order valence-corrected chi connectivity index (χ2v) is 9.01. The molecule has 0 spiro atoms. The molecule has 2 aromatic rings. The van der Waals surface area contributed by atoms with Crippen LogP contribution in [0.15, 0.2) is 42.5 Å². The molecule has 172 valence electrons. The van der Waals surface area contributed by atoms with Crippen LogP contribution in [0.5, 0.6) is 11.5 Å². The first-order valence-corrected chi connectivity index (χ1v) is 10.9.